The van der Waals surface area contributed by atoms with Gasteiger partial charge in [-0.15, -0.1) is 0 Å². The minimum atomic E-state index is 0.0139. The number of hydrogen-bond acceptors (Lipinski definition) is 8. The average molecular weight is 469 g/mol. The molecule has 3 heterocycles. The van der Waals surface area contributed by atoms with Crippen LogP contribution in [0.4, 0.5) is 11.6 Å². The number of aromatic nitrogens is 2. The molecule has 2 aliphatic heterocycles. The summed E-state index contributed by atoms with van der Waals surface area (Å²) in [5.41, 5.74) is 3.95. The van der Waals surface area contributed by atoms with Gasteiger partial charge in [0.2, 0.25) is 11.8 Å². The Balaban J connectivity index is 1.45. The lowest BCUT2D eigenvalue weighted by Crippen LogP contribution is -2.39. The second kappa shape index (κ2) is 10.9. The smallest absolute Gasteiger partial charge is 0.227 e. The lowest BCUT2D eigenvalue weighted by Gasteiger charge is -2.30. The van der Waals surface area contributed by atoms with E-state index in [2.05, 4.69) is 41.4 Å². The Hall–Kier alpha value is -2.42. The number of nitrogens with zero attached hydrogens (tertiary/aromatic N) is 3. The Morgan fingerprint density at radius 3 is 2.38 bits per heavy atom. The van der Waals surface area contributed by atoms with Crippen LogP contribution in [-0.2, 0) is 20.8 Å². The Bertz CT molecular complexity index is 937. The van der Waals surface area contributed by atoms with E-state index in [0.29, 0.717) is 37.7 Å². The summed E-state index contributed by atoms with van der Waals surface area (Å²) < 4.78 is 22.7. The first-order valence-corrected chi connectivity index (χ1v) is 12.5. The molecule has 1 aliphatic carbocycles. The fraction of sp³-hybridized carbons (Fsp3) is 0.615. The van der Waals surface area contributed by atoms with Crippen molar-refractivity contribution in [3.05, 3.63) is 30.0 Å². The Morgan fingerprint density at radius 2 is 1.74 bits per heavy atom. The van der Waals surface area contributed by atoms with Crippen molar-refractivity contribution in [2.75, 3.05) is 56.8 Å². The van der Waals surface area contributed by atoms with Gasteiger partial charge in [-0.25, -0.2) is 4.98 Å². The van der Waals surface area contributed by atoms with E-state index in [-0.39, 0.29) is 6.10 Å². The lowest BCUT2D eigenvalue weighted by atomic mass is 9.87. The van der Waals surface area contributed by atoms with Crippen LogP contribution in [0.15, 0.2) is 24.3 Å². The number of anilines is 2. The van der Waals surface area contributed by atoms with Crippen LogP contribution in [0.25, 0.3) is 11.1 Å². The van der Waals surface area contributed by atoms with Gasteiger partial charge in [0.15, 0.2) is 0 Å². The molecule has 3 fully saturated rings. The van der Waals surface area contributed by atoms with Crippen molar-refractivity contribution in [1.29, 1.82) is 0 Å². The zero-order valence-corrected chi connectivity index (χ0v) is 20.3. The third-order valence-electron chi connectivity index (χ3n) is 7.00. The van der Waals surface area contributed by atoms with E-state index in [4.69, 9.17) is 28.9 Å². The molecule has 2 saturated heterocycles. The molecule has 34 heavy (non-hydrogen) atoms. The molecule has 0 spiro atoms. The van der Waals surface area contributed by atoms with Gasteiger partial charge in [0.25, 0.3) is 0 Å². The summed E-state index contributed by atoms with van der Waals surface area (Å²) in [6, 6.07) is 8.96. The maximum Gasteiger partial charge on any atom is 0.227 e. The van der Waals surface area contributed by atoms with E-state index >= 15 is 0 Å². The van der Waals surface area contributed by atoms with Crippen molar-refractivity contribution in [3.63, 3.8) is 0 Å². The minimum Gasteiger partial charge on any atom is -0.469 e. The summed E-state index contributed by atoms with van der Waals surface area (Å²) in [6.45, 7) is 7.24. The van der Waals surface area contributed by atoms with E-state index in [1.54, 1.807) is 7.11 Å². The topological polar surface area (TPSA) is 78.0 Å². The van der Waals surface area contributed by atoms with Crippen LogP contribution in [0.2, 0.25) is 0 Å². The zero-order chi connectivity index (χ0) is 23.3. The Morgan fingerprint density at radius 1 is 1.00 bits per heavy atom. The van der Waals surface area contributed by atoms with Crippen molar-refractivity contribution in [2.24, 2.45) is 5.92 Å². The molecule has 0 amide bonds. The molecule has 0 atom stereocenters. The summed E-state index contributed by atoms with van der Waals surface area (Å²) in [5.74, 6) is 2.01. The van der Waals surface area contributed by atoms with Crippen molar-refractivity contribution in [1.82, 2.24) is 9.97 Å². The predicted octanol–water partition coefficient (Wildman–Crippen LogP) is 3.89. The van der Waals surface area contributed by atoms with Crippen LogP contribution >= 0.6 is 0 Å². The Kier molecular flexibility index (Phi) is 7.47. The molecule has 0 radical (unpaired) electrons. The second-order valence-electron chi connectivity index (χ2n) is 9.63. The van der Waals surface area contributed by atoms with E-state index in [0.717, 1.165) is 61.9 Å². The lowest BCUT2D eigenvalue weighted by molar-refractivity contribution is -0.0811. The van der Waals surface area contributed by atoms with Gasteiger partial charge in [0.05, 0.1) is 44.3 Å². The normalized spacial score (nSPS) is 23.4. The van der Waals surface area contributed by atoms with Crippen molar-refractivity contribution in [2.45, 2.75) is 51.4 Å². The van der Waals surface area contributed by atoms with Gasteiger partial charge >= 0.3 is 0 Å². The molecule has 0 bridgehead atoms. The molecular formula is C26H36N4O4. The first kappa shape index (κ1) is 23.3. The van der Waals surface area contributed by atoms with E-state index < -0.39 is 0 Å². The molecule has 0 unspecified atom stereocenters. The number of rotatable bonds is 8. The number of hydrogen-bond donors (Lipinski definition) is 1. The van der Waals surface area contributed by atoms with Crippen LogP contribution in [0, 0.1) is 5.92 Å². The number of morpholine rings is 1. The summed E-state index contributed by atoms with van der Waals surface area (Å²) in [4.78, 5) is 12.1. The molecule has 2 aromatic rings. The maximum absolute atomic E-state index is 6.32. The summed E-state index contributed by atoms with van der Waals surface area (Å²) in [5, 5.41) is 3.57. The first-order chi connectivity index (χ1) is 16.7. The van der Waals surface area contributed by atoms with E-state index in [1.807, 2.05) is 0 Å². The molecule has 8 nitrogen and oxygen atoms in total. The monoisotopic (exact) mass is 468 g/mol. The first-order valence-electron chi connectivity index (χ1n) is 12.5. The summed E-state index contributed by atoms with van der Waals surface area (Å²) in [6.07, 6.45) is 4.76. The number of ether oxygens (including phenoxy) is 4. The van der Waals surface area contributed by atoms with E-state index in [1.165, 1.54) is 18.5 Å². The largest absolute Gasteiger partial charge is 0.469 e. The summed E-state index contributed by atoms with van der Waals surface area (Å²) >= 11 is 0. The molecule has 184 valence electrons. The fourth-order valence-electron chi connectivity index (χ4n) is 4.85. The molecule has 1 aromatic heterocycles. The molecule has 1 aromatic carbocycles. The van der Waals surface area contributed by atoms with Crippen LogP contribution < -0.4 is 15.0 Å². The second-order valence-corrected chi connectivity index (χ2v) is 9.63. The number of methoxy groups -OCH3 is 1. The van der Waals surface area contributed by atoms with Gasteiger partial charge in [-0.1, -0.05) is 19.1 Å². The van der Waals surface area contributed by atoms with Crippen LogP contribution in [0.1, 0.15) is 38.3 Å². The standard InChI is InChI=1S/C26H36N4O4/c1-18-3-7-20(8-4-18)27-26-28-23(17-31-2)24(25(29-26)34-22-15-33-16-22)19-5-9-21(10-6-19)30-11-13-32-14-12-30/h5-6,9-10,18,20,22H,3-4,7-8,11-17H2,1-2H3,(H,27,28,29)/t18-,20-. The minimum absolute atomic E-state index is 0.0139. The zero-order valence-electron chi connectivity index (χ0n) is 20.3. The van der Waals surface area contributed by atoms with Crippen LogP contribution in [-0.4, -0.2) is 68.7 Å². The molecule has 8 heteroatoms. The predicted molar refractivity (Wildman–Crippen MR) is 131 cm³/mol. The highest BCUT2D eigenvalue weighted by molar-refractivity contribution is 5.73. The van der Waals surface area contributed by atoms with Crippen LogP contribution in [0.3, 0.4) is 0 Å². The highest BCUT2D eigenvalue weighted by Crippen LogP contribution is 2.36. The molecule has 1 saturated carbocycles. The highest BCUT2D eigenvalue weighted by atomic mass is 16.6. The van der Waals surface area contributed by atoms with Crippen LogP contribution in [0.5, 0.6) is 5.88 Å². The fourth-order valence-corrected chi connectivity index (χ4v) is 4.85. The van der Waals surface area contributed by atoms with Crippen molar-refractivity contribution in [3.8, 4) is 17.0 Å². The average Bonchev–Trinajstić information content (AvgIpc) is 2.84. The third kappa shape index (κ3) is 5.45. The maximum atomic E-state index is 6.32. The number of benzene rings is 1. The third-order valence-corrected chi connectivity index (χ3v) is 7.00. The SMILES string of the molecule is COCc1nc(N[C@H]2CC[C@H](C)CC2)nc(OC2COC2)c1-c1ccc(N2CCOCC2)cc1. The molecule has 1 N–H and O–H groups in total. The number of nitrogens with one attached hydrogen (secondary N) is 1. The van der Waals surface area contributed by atoms with Gasteiger partial charge < -0.3 is 29.2 Å². The van der Waals surface area contributed by atoms with Gasteiger partial charge in [0.1, 0.15) is 6.10 Å². The summed E-state index contributed by atoms with van der Waals surface area (Å²) in [7, 11) is 1.70. The van der Waals surface area contributed by atoms with Gasteiger partial charge in [-0.2, -0.15) is 4.98 Å². The molecule has 5 rings (SSSR count). The van der Waals surface area contributed by atoms with Gasteiger partial charge in [-0.05, 0) is 49.3 Å². The van der Waals surface area contributed by atoms with Gasteiger partial charge in [-0.3, -0.25) is 0 Å². The Labute approximate surface area is 202 Å². The highest BCUT2D eigenvalue weighted by Gasteiger charge is 2.27. The molecular weight excluding hydrogens is 432 g/mol. The van der Waals surface area contributed by atoms with Crippen molar-refractivity contribution < 1.29 is 18.9 Å². The van der Waals surface area contributed by atoms with Gasteiger partial charge in [0, 0.05) is 31.9 Å². The quantitative estimate of drug-likeness (QED) is 0.625. The van der Waals surface area contributed by atoms with Crippen molar-refractivity contribution >= 4 is 11.6 Å². The molecule has 3 aliphatic rings. The van der Waals surface area contributed by atoms with E-state index in [9.17, 15) is 0 Å².